The van der Waals surface area contributed by atoms with E-state index in [1.807, 2.05) is 54.0 Å². The lowest BCUT2D eigenvalue weighted by molar-refractivity contribution is 0.339. The second-order valence-corrected chi connectivity index (χ2v) is 5.18. The zero-order valence-corrected chi connectivity index (χ0v) is 13.0. The molecule has 0 spiro atoms. The van der Waals surface area contributed by atoms with Crippen molar-refractivity contribution in [3.05, 3.63) is 53.3 Å². The van der Waals surface area contributed by atoms with E-state index in [9.17, 15) is 0 Å². The van der Waals surface area contributed by atoms with Crippen LogP contribution in [0.15, 0.2) is 42.5 Å². The Labute approximate surface area is 133 Å². The highest BCUT2D eigenvalue weighted by Gasteiger charge is 2.16. The molecule has 0 aliphatic rings. The standard InChI is InChI=1S/C16H14Cl2N2O/c1-2-21-14-9-4-3-7-12(14)20-13-8-5-6-11(18)16(13)19-15(20)10-17/h3-9H,2,10H2,1H3. The van der Waals surface area contributed by atoms with Crippen LogP contribution in [0.3, 0.4) is 0 Å². The highest BCUT2D eigenvalue weighted by atomic mass is 35.5. The van der Waals surface area contributed by atoms with Crippen LogP contribution in [0.2, 0.25) is 5.02 Å². The van der Waals surface area contributed by atoms with Gasteiger partial charge in [-0.1, -0.05) is 29.8 Å². The van der Waals surface area contributed by atoms with Crippen LogP contribution in [-0.2, 0) is 5.88 Å². The van der Waals surface area contributed by atoms with Crippen LogP contribution in [0.5, 0.6) is 5.75 Å². The summed E-state index contributed by atoms with van der Waals surface area (Å²) in [7, 11) is 0. The lowest BCUT2D eigenvalue weighted by Crippen LogP contribution is -2.03. The van der Waals surface area contributed by atoms with Gasteiger partial charge in [-0.15, -0.1) is 11.6 Å². The van der Waals surface area contributed by atoms with E-state index in [1.54, 1.807) is 0 Å². The summed E-state index contributed by atoms with van der Waals surface area (Å²) in [5.41, 5.74) is 2.59. The summed E-state index contributed by atoms with van der Waals surface area (Å²) in [5.74, 6) is 1.84. The number of rotatable bonds is 4. The normalized spacial score (nSPS) is 11.0. The molecule has 1 heterocycles. The summed E-state index contributed by atoms with van der Waals surface area (Å²) in [6.45, 7) is 2.56. The van der Waals surface area contributed by atoms with Gasteiger partial charge in [-0.05, 0) is 31.2 Å². The Morgan fingerprint density at radius 3 is 2.71 bits per heavy atom. The van der Waals surface area contributed by atoms with Gasteiger partial charge in [0, 0.05) is 0 Å². The Morgan fingerprint density at radius 1 is 1.14 bits per heavy atom. The van der Waals surface area contributed by atoms with Crippen LogP contribution >= 0.6 is 23.2 Å². The quantitative estimate of drug-likeness (QED) is 0.644. The summed E-state index contributed by atoms with van der Waals surface area (Å²) in [6, 6.07) is 13.5. The van der Waals surface area contributed by atoms with Gasteiger partial charge in [0.1, 0.15) is 17.1 Å². The average molecular weight is 321 g/mol. The molecule has 1 aromatic heterocycles. The van der Waals surface area contributed by atoms with Crippen molar-refractivity contribution >= 4 is 34.2 Å². The van der Waals surface area contributed by atoms with Crippen LogP contribution in [0.1, 0.15) is 12.7 Å². The zero-order chi connectivity index (χ0) is 14.8. The molecule has 0 aliphatic heterocycles. The molecule has 0 fully saturated rings. The van der Waals surface area contributed by atoms with Gasteiger partial charge in [0.2, 0.25) is 0 Å². The summed E-state index contributed by atoms with van der Waals surface area (Å²) in [4.78, 5) is 4.55. The number of halogens is 2. The fourth-order valence-electron chi connectivity index (χ4n) is 2.39. The van der Waals surface area contributed by atoms with Crippen molar-refractivity contribution in [3.63, 3.8) is 0 Å². The number of para-hydroxylation sites is 3. The van der Waals surface area contributed by atoms with Crippen molar-refractivity contribution in [1.82, 2.24) is 9.55 Å². The number of aromatic nitrogens is 2. The molecule has 0 unspecified atom stereocenters. The summed E-state index contributed by atoms with van der Waals surface area (Å²) in [6.07, 6.45) is 0. The van der Waals surface area contributed by atoms with Crippen LogP contribution in [-0.4, -0.2) is 16.2 Å². The van der Waals surface area contributed by atoms with E-state index in [1.165, 1.54) is 0 Å². The van der Waals surface area contributed by atoms with Crippen LogP contribution in [0.4, 0.5) is 0 Å². The molecule has 0 radical (unpaired) electrons. The average Bonchev–Trinajstić information content (AvgIpc) is 2.88. The molecule has 0 aliphatic carbocycles. The van der Waals surface area contributed by atoms with E-state index in [0.717, 1.165) is 28.3 Å². The predicted molar refractivity (Wildman–Crippen MR) is 86.8 cm³/mol. The van der Waals surface area contributed by atoms with Crippen molar-refractivity contribution in [1.29, 1.82) is 0 Å². The number of imidazole rings is 1. The van der Waals surface area contributed by atoms with Crippen molar-refractivity contribution in [2.75, 3.05) is 6.61 Å². The lowest BCUT2D eigenvalue weighted by atomic mass is 10.2. The monoisotopic (exact) mass is 320 g/mol. The molecule has 2 aromatic carbocycles. The van der Waals surface area contributed by atoms with E-state index < -0.39 is 0 Å². The minimum absolute atomic E-state index is 0.297. The Morgan fingerprint density at radius 2 is 1.95 bits per heavy atom. The number of nitrogens with zero attached hydrogens (tertiary/aromatic N) is 2. The van der Waals surface area contributed by atoms with Crippen molar-refractivity contribution in [2.24, 2.45) is 0 Å². The zero-order valence-electron chi connectivity index (χ0n) is 11.5. The maximum Gasteiger partial charge on any atom is 0.143 e. The fourth-order valence-corrected chi connectivity index (χ4v) is 2.78. The Bertz CT molecular complexity index is 783. The molecule has 3 rings (SSSR count). The molecule has 5 heteroatoms. The third kappa shape index (κ3) is 2.47. The maximum atomic E-state index is 6.24. The third-order valence-electron chi connectivity index (χ3n) is 3.23. The first kappa shape index (κ1) is 14.2. The molecule has 0 saturated carbocycles. The van der Waals surface area contributed by atoms with E-state index in [2.05, 4.69) is 4.98 Å². The van der Waals surface area contributed by atoms with Crippen molar-refractivity contribution < 1.29 is 4.74 Å². The first-order valence-corrected chi connectivity index (χ1v) is 7.61. The molecule has 0 saturated heterocycles. The highest BCUT2D eigenvalue weighted by molar-refractivity contribution is 6.35. The smallest absolute Gasteiger partial charge is 0.143 e. The predicted octanol–water partition coefficient (Wildman–Crippen LogP) is 4.82. The highest BCUT2D eigenvalue weighted by Crippen LogP contribution is 2.31. The number of ether oxygens (including phenoxy) is 1. The Balaban J connectivity index is 2.32. The van der Waals surface area contributed by atoms with Crippen LogP contribution < -0.4 is 4.74 Å². The van der Waals surface area contributed by atoms with E-state index >= 15 is 0 Å². The second-order valence-electron chi connectivity index (χ2n) is 4.51. The number of fused-ring (bicyclic) bond motifs is 1. The third-order valence-corrected chi connectivity index (χ3v) is 3.77. The second kappa shape index (κ2) is 5.96. The molecule has 0 amide bonds. The largest absolute Gasteiger partial charge is 0.492 e. The van der Waals surface area contributed by atoms with Gasteiger partial charge in [-0.3, -0.25) is 4.57 Å². The summed E-state index contributed by atoms with van der Waals surface area (Å²) >= 11 is 12.3. The van der Waals surface area contributed by atoms with Gasteiger partial charge < -0.3 is 4.74 Å². The van der Waals surface area contributed by atoms with Gasteiger partial charge in [0.25, 0.3) is 0 Å². The van der Waals surface area contributed by atoms with Gasteiger partial charge >= 0.3 is 0 Å². The minimum atomic E-state index is 0.297. The molecule has 0 bridgehead atoms. The first-order valence-electron chi connectivity index (χ1n) is 6.70. The molecular weight excluding hydrogens is 307 g/mol. The van der Waals surface area contributed by atoms with Crippen LogP contribution in [0, 0.1) is 0 Å². The molecule has 3 aromatic rings. The first-order chi connectivity index (χ1) is 10.3. The van der Waals surface area contributed by atoms with E-state index in [4.69, 9.17) is 27.9 Å². The van der Waals surface area contributed by atoms with Gasteiger partial charge in [-0.25, -0.2) is 4.98 Å². The topological polar surface area (TPSA) is 27.1 Å². The summed E-state index contributed by atoms with van der Waals surface area (Å²) < 4.78 is 7.71. The lowest BCUT2D eigenvalue weighted by Gasteiger charge is -2.13. The van der Waals surface area contributed by atoms with Gasteiger partial charge in [0.05, 0.1) is 28.7 Å². The van der Waals surface area contributed by atoms with Crippen molar-refractivity contribution in [2.45, 2.75) is 12.8 Å². The minimum Gasteiger partial charge on any atom is -0.492 e. The molecule has 0 N–H and O–H groups in total. The summed E-state index contributed by atoms with van der Waals surface area (Å²) in [5, 5.41) is 0.617. The molecular formula is C16H14Cl2N2O. The van der Waals surface area contributed by atoms with Crippen LogP contribution in [0.25, 0.3) is 16.7 Å². The van der Waals surface area contributed by atoms with E-state index in [0.29, 0.717) is 17.5 Å². The molecule has 0 atom stereocenters. The number of benzene rings is 2. The Hall–Kier alpha value is -1.71. The number of alkyl halides is 1. The molecule has 21 heavy (non-hydrogen) atoms. The number of hydrogen-bond donors (Lipinski definition) is 0. The van der Waals surface area contributed by atoms with E-state index in [-0.39, 0.29) is 0 Å². The van der Waals surface area contributed by atoms with Gasteiger partial charge in [0.15, 0.2) is 0 Å². The van der Waals surface area contributed by atoms with Crippen molar-refractivity contribution in [3.8, 4) is 11.4 Å². The Kier molecular flexibility index (Phi) is 4.04. The van der Waals surface area contributed by atoms with Gasteiger partial charge in [-0.2, -0.15) is 0 Å². The molecule has 3 nitrogen and oxygen atoms in total. The fraction of sp³-hybridized carbons (Fsp3) is 0.188. The number of hydrogen-bond acceptors (Lipinski definition) is 2. The molecule has 108 valence electrons. The maximum absolute atomic E-state index is 6.24. The SMILES string of the molecule is CCOc1ccccc1-n1c(CCl)nc2c(Cl)cccc21.